The van der Waals surface area contributed by atoms with E-state index in [1.165, 1.54) is 19.8 Å². The molecule has 0 saturated carbocycles. The molecule has 0 bridgehead atoms. The van der Waals surface area contributed by atoms with Gasteiger partial charge in [0.1, 0.15) is 24.7 Å². The summed E-state index contributed by atoms with van der Waals surface area (Å²) in [5, 5.41) is 16.4. The molecular weight excluding hydrogens is 536 g/mol. The molecule has 0 heterocycles. The first-order valence-corrected chi connectivity index (χ1v) is 12.1. The lowest BCUT2D eigenvalue weighted by molar-refractivity contribution is 0.0591. The number of methoxy groups -OCH3 is 2. The maximum Gasteiger partial charge on any atom is 0.337 e. The van der Waals surface area contributed by atoms with Gasteiger partial charge in [0.05, 0.1) is 38.6 Å². The van der Waals surface area contributed by atoms with E-state index < -0.39 is 0 Å². The van der Waals surface area contributed by atoms with E-state index in [9.17, 15) is 9.59 Å². The number of carbonyl (C=O) groups is 2. The predicted octanol–water partition coefficient (Wildman–Crippen LogP) is 5.04. The van der Waals surface area contributed by atoms with Gasteiger partial charge in [0, 0.05) is 18.4 Å². The van der Waals surface area contributed by atoms with E-state index in [1.54, 1.807) is 66.8 Å². The maximum atomic E-state index is 11.2. The Morgan fingerprint density at radius 2 is 1.27 bits per heavy atom. The zero-order valence-electron chi connectivity index (χ0n) is 22.0. The van der Waals surface area contributed by atoms with E-state index >= 15 is 0 Å². The van der Waals surface area contributed by atoms with Crippen LogP contribution >= 0.6 is 11.6 Å². The lowest BCUT2D eigenvalue weighted by atomic mass is 10.2. The van der Waals surface area contributed by atoms with E-state index in [0.717, 1.165) is 0 Å². The minimum absolute atomic E-state index is 0. The molecule has 0 spiro atoms. The highest BCUT2D eigenvalue weighted by molar-refractivity contribution is 6.25. The van der Waals surface area contributed by atoms with Gasteiger partial charge in [-0.05, 0) is 66.8 Å². The highest BCUT2D eigenvalue weighted by atomic mass is 35.5. The molecule has 0 fully saturated rings. The van der Waals surface area contributed by atoms with Crippen LogP contribution in [-0.2, 0) is 9.47 Å². The standard InChI is InChI=1S/C15H16O4.C11H11ClO3.C4H6O.CH4/c1-18-15(17)13-7-9-14(10-8-13)19-12-6-4-2-3-5-11-16;1-14-11(13)9-3-5-10(6-4-9)15-8-2-7-12;1-2-3-4-5;/h4,6-10,16H,5,11-12H2,1H3;2-7H,8H2,1H3;1,5H,3-4H2;1H4/b6-4+;7-2+;;. The van der Waals surface area contributed by atoms with Crippen molar-refractivity contribution in [2.24, 2.45) is 0 Å². The largest absolute Gasteiger partial charge is 0.490 e. The topological polar surface area (TPSA) is 112 Å². The van der Waals surface area contributed by atoms with Gasteiger partial charge < -0.3 is 29.2 Å². The van der Waals surface area contributed by atoms with Crippen LogP contribution in [0.1, 0.15) is 41.0 Å². The van der Waals surface area contributed by atoms with Crippen LogP contribution in [-0.4, -0.2) is 62.8 Å². The molecule has 0 saturated heterocycles. The third-order valence-electron chi connectivity index (χ3n) is 4.13. The van der Waals surface area contributed by atoms with Crippen molar-refractivity contribution in [1.82, 2.24) is 0 Å². The van der Waals surface area contributed by atoms with Gasteiger partial charge in [0.25, 0.3) is 0 Å². The molecule has 0 aliphatic carbocycles. The number of halogens is 1. The van der Waals surface area contributed by atoms with E-state index in [0.29, 0.717) is 48.7 Å². The second-order valence-corrected chi connectivity index (χ2v) is 7.14. The van der Waals surface area contributed by atoms with Gasteiger partial charge in [-0.3, -0.25) is 0 Å². The third kappa shape index (κ3) is 18.9. The number of hydrogen-bond donors (Lipinski definition) is 2. The Morgan fingerprint density at radius 3 is 1.62 bits per heavy atom. The summed E-state index contributed by atoms with van der Waals surface area (Å²) in [6.45, 7) is 0.979. The lowest BCUT2D eigenvalue weighted by Crippen LogP contribution is -2.01. The summed E-state index contributed by atoms with van der Waals surface area (Å²) in [5.74, 6) is 8.42. The van der Waals surface area contributed by atoms with Crippen LogP contribution in [0.5, 0.6) is 11.5 Å². The third-order valence-corrected chi connectivity index (χ3v) is 4.31. The Morgan fingerprint density at radius 1 is 0.825 bits per heavy atom. The number of carbonyl (C=O) groups excluding carboxylic acids is 2. The average molecular weight is 573 g/mol. The highest BCUT2D eigenvalue weighted by Gasteiger charge is 2.04. The Labute approximate surface area is 242 Å². The fraction of sp³-hybridized carbons (Fsp3) is 0.290. The molecule has 2 rings (SSSR count). The smallest absolute Gasteiger partial charge is 0.337 e. The van der Waals surface area contributed by atoms with E-state index in [4.69, 9.17) is 37.7 Å². The average Bonchev–Trinajstić information content (AvgIpc) is 2.98. The summed E-state index contributed by atoms with van der Waals surface area (Å²) < 4.78 is 19.9. The summed E-state index contributed by atoms with van der Waals surface area (Å²) in [5.41, 5.74) is 2.38. The Hall–Kier alpha value is -4.21. The van der Waals surface area contributed by atoms with Gasteiger partial charge in [0.15, 0.2) is 0 Å². The van der Waals surface area contributed by atoms with Gasteiger partial charge >= 0.3 is 11.9 Å². The number of allylic oxidation sites excluding steroid dienone is 1. The molecular formula is C31H37ClO8. The summed E-state index contributed by atoms with van der Waals surface area (Å²) in [7, 11) is 2.69. The fourth-order valence-electron chi connectivity index (χ4n) is 2.29. The molecule has 40 heavy (non-hydrogen) atoms. The Kier molecular flexibility index (Phi) is 25.0. The van der Waals surface area contributed by atoms with Crippen LogP contribution < -0.4 is 9.47 Å². The molecule has 216 valence electrons. The minimum Gasteiger partial charge on any atom is -0.490 e. The Bertz CT molecular complexity index is 1110. The molecule has 9 heteroatoms. The number of esters is 2. The first-order valence-electron chi connectivity index (χ1n) is 11.6. The predicted molar refractivity (Wildman–Crippen MR) is 157 cm³/mol. The molecule has 2 N–H and O–H groups in total. The van der Waals surface area contributed by atoms with Crippen molar-refractivity contribution in [2.45, 2.75) is 20.3 Å². The molecule has 0 amide bonds. The molecule has 0 radical (unpaired) electrons. The number of terminal acetylenes is 1. The van der Waals surface area contributed by atoms with Gasteiger partial charge in [-0.1, -0.05) is 30.9 Å². The van der Waals surface area contributed by atoms with Crippen LogP contribution in [0.15, 0.2) is 72.3 Å². The summed E-state index contributed by atoms with van der Waals surface area (Å²) in [6, 6.07) is 13.4. The number of aliphatic hydroxyl groups excluding tert-OH is 2. The van der Waals surface area contributed by atoms with E-state index in [-0.39, 0.29) is 32.6 Å². The number of aliphatic hydroxyl groups is 2. The second kappa shape index (κ2) is 26.4. The van der Waals surface area contributed by atoms with Gasteiger partial charge in [0.2, 0.25) is 0 Å². The number of ether oxygens (including phenoxy) is 4. The van der Waals surface area contributed by atoms with Crippen molar-refractivity contribution in [3.63, 3.8) is 0 Å². The highest BCUT2D eigenvalue weighted by Crippen LogP contribution is 2.13. The zero-order valence-corrected chi connectivity index (χ0v) is 22.7. The van der Waals surface area contributed by atoms with Gasteiger partial charge in [-0.15, -0.1) is 12.3 Å². The van der Waals surface area contributed by atoms with Crippen LogP contribution in [0.3, 0.4) is 0 Å². The van der Waals surface area contributed by atoms with E-state index in [1.807, 2.05) is 0 Å². The van der Waals surface area contributed by atoms with Crippen LogP contribution in [0.25, 0.3) is 0 Å². The second-order valence-electron chi connectivity index (χ2n) is 6.89. The van der Waals surface area contributed by atoms with Gasteiger partial charge in [-0.2, -0.15) is 0 Å². The van der Waals surface area contributed by atoms with Crippen molar-refractivity contribution in [3.05, 3.63) is 83.4 Å². The quantitative estimate of drug-likeness (QED) is 0.301. The van der Waals surface area contributed by atoms with Crippen molar-refractivity contribution in [1.29, 1.82) is 0 Å². The SMILES string of the molecule is C.C#CCCO.COC(=O)c1ccc(OC/C=C/C#CCCO)cc1.COC(=O)c1ccc(OC/C=C/Cl)cc1. The summed E-state index contributed by atoms with van der Waals surface area (Å²) in [6.07, 6.45) is 10.8. The molecule has 8 nitrogen and oxygen atoms in total. The van der Waals surface area contributed by atoms with Crippen LogP contribution in [0.4, 0.5) is 0 Å². The van der Waals surface area contributed by atoms with Crippen molar-refractivity contribution in [2.75, 3.05) is 40.6 Å². The first kappa shape index (κ1) is 37.9. The molecule has 0 aliphatic rings. The van der Waals surface area contributed by atoms with Crippen LogP contribution in [0, 0.1) is 24.2 Å². The van der Waals surface area contributed by atoms with Crippen molar-refractivity contribution >= 4 is 23.5 Å². The minimum atomic E-state index is -0.370. The van der Waals surface area contributed by atoms with Crippen LogP contribution in [0.2, 0.25) is 0 Å². The lowest BCUT2D eigenvalue weighted by Gasteiger charge is -2.03. The molecule has 2 aromatic carbocycles. The molecule has 0 aliphatic heterocycles. The number of benzene rings is 2. The number of rotatable bonds is 10. The Balaban J connectivity index is 0. The zero-order chi connectivity index (χ0) is 29.1. The summed E-state index contributed by atoms with van der Waals surface area (Å²) >= 11 is 5.33. The fourth-order valence-corrected chi connectivity index (χ4v) is 2.37. The molecule has 0 atom stereocenters. The monoisotopic (exact) mass is 572 g/mol. The molecule has 2 aromatic rings. The summed E-state index contributed by atoms with van der Waals surface area (Å²) in [4.78, 5) is 22.3. The van der Waals surface area contributed by atoms with E-state index in [2.05, 4.69) is 27.2 Å². The first-order chi connectivity index (χ1) is 19.0. The van der Waals surface area contributed by atoms with Crippen molar-refractivity contribution < 1.29 is 38.7 Å². The molecule has 0 aromatic heterocycles. The maximum absolute atomic E-state index is 11.2. The van der Waals surface area contributed by atoms with Crippen molar-refractivity contribution in [3.8, 4) is 35.7 Å². The molecule has 0 unspecified atom stereocenters. The normalized spacial score (nSPS) is 9.30. The number of hydrogen-bond acceptors (Lipinski definition) is 8. The van der Waals surface area contributed by atoms with Gasteiger partial charge in [-0.25, -0.2) is 9.59 Å².